The molecule has 7 nitrogen and oxygen atoms in total. The molecule has 0 bridgehead atoms. The molecule has 0 saturated carbocycles. The molecule has 0 spiro atoms. The first-order valence-corrected chi connectivity index (χ1v) is 7.19. The summed E-state index contributed by atoms with van der Waals surface area (Å²) in [5.74, 6) is -0.318. The number of aromatic hydroxyl groups is 1. The molecule has 0 atom stereocenters. The van der Waals surface area contributed by atoms with Gasteiger partial charge in [0.2, 0.25) is 6.79 Å². The Kier molecular flexibility index (Phi) is 4.24. The number of ether oxygens (including phenoxy) is 3. The number of nitrogens with one attached hydrogen (secondary N) is 1. The summed E-state index contributed by atoms with van der Waals surface area (Å²) in [5, 5.41) is 12.3. The van der Waals surface area contributed by atoms with Gasteiger partial charge in [0.05, 0.1) is 0 Å². The third-order valence-electron chi connectivity index (χ3n) is 3.36. The molecule has 2 aromatic rings. The molecule has 2 aromatic carbocycles. The first-order valence-electron chi connectivity index (χ1n) is 7.19. The molecule has 124 valence electrons. The van der Waals surface area contributed by atoms with Crippen molar-refractivity contribution in [3.05, 3.63) is 47.5 Å². The molecule has 0 radical (unpaired) electrons. The van der Waals surface area contributed by atoms with Crippen LogP contribution >= 0.6 is 0 Å². The highest BCUT2D eigenvalue weighted by Crippen LogP contribution is 2.34. The number of carbonyl (C=O) groups is 2. The molecular formula is C17H15NO6. The second-order valence-corrected chi connectivity index (χ2v) is 5.21. The van der Waals surface area contributed by atoms with Crippen LogP contribution in [0, 0.1) is 6.92 Å². The number of hydrogen-bond donors (Lipinski definition) is 2. The van der Waals surface area contributed by atoms with Gasteiger partial charge < -0.3 is 24.6 Å². The number of esters is 1. The Balaban J connectivity index is 1.56. The summed E-state index contributed by atoms with van der Waals surface area (Å²) in [6, 6.07) is 9.51. The Labute approximate surface area is 137 Å². The van der Waals surface area contributed by atoms with E-state index in [0.717, 1.165) is 5.56 Å². The number of amides is 1. The highest BCUT2D eigenvalue weighted by molar-refractivity contribution is 5.96. The van der Waals surface area contributed by atoms with Crippen LogP contribution < -0.4 is 14.8 Å². The van der Waals surface area contributed by atoms with Crippen molar-refractivity contribution in [2.24, 2.45) is 0 Å². The van der Waals surface area contributed by atoms with E-state index in [1.165, 1.54) is 12.1 Å². The summed E-state index contributed by atoms with van der Waals surface area (Å²) in [5.41, 5.74) is 1.32. The van der Waals surface area contributed by atoms with Crippen LogP contribution in [0.25, 0.3) is 0 Å². The number of fused-ring (bicyclic) bond motifs is 1. The lowest BCUT2D eigenvalue weighted by atomic mass is 10.1. The molecule has 0 aromatic heterocycles. The number of hydrogen-bond acceptors (Lipinski definition) is 6. The van der Waals surface area contributed by atoms with Crippen molar-refractivity contribution < 1.29 is 28.9 Å². The lowest BCUT2D eigenvalue weighted by Gasteiger charge is -2.08. The van der Waals surface area contributed by atoms with Crippen molar-refractivity contribution in [2.45, 2.75) is 6.92 Å². The molecule has 0 unspecified atom stereocenters. The van der Waals surface area contributed by atoms with Gasteiger partial charge in [0, 0.05) is 11.8 Å². The number of rotatable bonds is 4. The van der Waals surface area contributed by atoms with Gasteiger partial charge in [0.25, 0.3) is 5.91 Å². The van der Waals surface area contributed by atoms with Gasteiger partial charge in [-0.2, -0.15) is 0 Å². The van der Waals surface area contributed by atoms with E-state index in [4.69, 9.17) is 14.2 Å². The highest BCUT2D eigenvalue weighted by atomic mass is 16.7. The van der Waals surface area contributed by atoms with E-state index in [1.807, 2.05) is 0 Å². The van der Waals surface area contributed by atoms with Crippen LogP contribution in [0.4, 0.5) is 5.69 Å². The smallest absolute Gasteiger partial charge is 0.342 e. The summed E-state index contributed by atoms with van der Waals surface area (Å²) in [6.07, 6.45) is 0. The highest BCUT2D eigenvalue weighted by Gasteiger charge is 2.16. The maximum atomic E-state index is 11.9. The number of phenols is 1. The third-order valence-corrected chi connectivity index (χ3v) is 3.36. The SMILES string of the molecule is Cc1ccc(C(=O)OCC(=O)Nc2ccc3c(c2)OCO3)c(O)c1. The van der Waals surface area contributed by atoms with E-state index >= 15 is 0 Å². The van der Waals surface area contributed by atoms with Crippen LogP contribution in [0.5, 0.6) is 17.2 Å². The van der Waals surface area contributed by atoms with Crippen LogP contribution in [-0.4, -0.2) is 30.4 Å². The van der Waals surface area contributed by atoms with Crippen molar-refractivity contribution in [3.8, 4) is 17.2 Å². The molecule has 1 aliphatic rings. The molecule has 0 aliphatic carbocycles. The van der Waals surface area contributed by atoms with Gasteiger partial charge in [-0.3, -0.25) is 4.79 Å². The monoisotopic (exact) mass is 329 g/mol. The molecular weight excluding hydrogens is 314 g/mol. The fourth-order valence-electron chi connectivity index (χ4n) is 2.19. The number of carbonyl (C=O) groups excluding carboxylic acids is 2. The number of aryl methyl sites for hydroxylation is 1. The summed E-state index contributed by atoms with van der Waals surface area (Å²) in [6.45, 7) is 1.46. The van der Waals surface area contributed by atoms with Crippen molar-refractivity contribution in [3.63, 3.8) is 0 Å². The minimum Gasteiger partial charge on any atom is -0.507 e. The Morgan fingerprint density at radius 3 is 2.75 bits per heavy atom. The normalized spacial score (nSPS) is 11.9. The van der Waals surface area contributed by atoms with E-state index in [0.29, 0.717) is 17.2 Å². The summed E-state index contributed by atoms with van der Waals surface area (Å²) in [7, 11) is 0. The van der Waals surface area contributed by atoms with Gasteiger partial charge in [0.1, 0.15) is 11.3 Å². The van der Waals surface area contributed by atoms with Crippen LogP contribution in [0.3, 0.4) is 0 Å². The molecule has 24 heavy (non-hydrogen) atoms. The second-order valence-electron chi connectivity index (χ2n) is 5.21. The van der Waals surface area contributed by atoms with Gasteiger partial charge in [-0.15, -0.1) is 0 Å². The largest absolute Gasteiger partial charge is 0.507 e. The zero-order valence-electron chi connectivity index (χ0n) is 12.9. The molecule has 3 rings (SSSR count). The lowest BCUT2D eigenvalue weighted by Crippen LogP contribution is -2.21. The molecule has 1 heterocycles. The fourth-order valence-corrected chi connectivity index (χ4v) is 2.19. The third kappa shape index (κ3) is 3.40. The average molecular weight is 329 g/mol. The first kappa shape index (κ1) is 15.7. The van der Waals surface area contributed by atoms with Crippen LogP contribution in [0.1, 0.15) is 15.9 Å². The Hall–Kier alpha value is -3.22. The Bertz CT molecular complexity index is 802. The van der Waals surface area contributed by atoms with E-state index in [9.17, 15) is 14.7 Å². The second kappa shape index (κ2) is 6.49. The van der Waals surface area contributed by atoms with Crippen molar-refractivity contribution in [2.75, 3.05) is 18.7 Å². The molecule has 2 N–H and O–H groups in total. The zero-order valence-corrected chi connectivity index (χ0v) is 12.9. The topological polar surface area (TPSA) is 94.1 Å². The summed E-state index contributed by atoms with van der Waals surface area (Å²) in [4.78, 5) is 23.8. The average Bonchev–Trinajstić information content (AvgIpc) is 3.00. The minimum atomic E-state index is -0.770. The van der Waals surface area contributed by atoms with E-state index in [2.05, 4.69) is 5.32 Å². The van der Waals surface area contributed by atoms with E-state index in [1.54, 1.807) is 31.2 Å². The summed E-state index contributed by atoms with van der Waals surface area (Å²) < 4.78 is 15.3. The van der Waals surface area contributed by atoms with Gasteiger partial charge in [-0.1, -0.05) is 6.07 Å². The molecule has 0 saturated heterocycles. The standard InChI is InChI=1S/C17H15NO6/c1-10-2-4-12(13(19)6-10)17(21)22-8-16(20)18-11-3-5-14-15(7-11)24-9-23-14/h2-7,19H,8-9H2,1H3,(H,18,20). The fraction of sp³-hybridized carbons (Fsp3) is 0.176. The van der Waals surface area contributed by atoms with Crippen molar-refractivity contribution in [1.29, 1.82) is 0 Å². The number of phenolic OH excluding ortho intramolecular Hbond substituents is 1. The minimum absolute atomic E-state index is 0.0106. The number of benzene rings is 2. The zero-order chi connectivity index (χ0) is 17.1. The maximum absolute atomic E-state index is 11.9. The van der Waals surface area contributed by atoms with E-state index in [-0.39, 0.29) is 18.1 Å². The Morgan fingerprint density at radius 2 is 1.96 bits per heavy atom. The lowest BCUT2D eigenvalue weighted by molar-refractivity contribution is -0.119. The van der Waals surface area contributed by atoms with Gasteiger partial charge in [0.15, 0.2) is 18.1 Å². The van der Waals surface area contributed by atoms with E-state index < -0.39 is 18.5 Å². The molecule has 1 aliphatic heterocycles. The molecule has 7 heteroatoms. The predicted octanol–water partition coefficient (Wildman–Crippen LogP) is 2.22. The maximum Gasteiger partial charge on any atom is 0.342 e. The van der Waals surface area contributed by atoms with Crippen LogP contribution in [-0.2, 0) is 9.53 Å². The number of anilines is 1. The van der Waals surface area contributed by atoms with Crippen LogP contribution in [0.15, 0.2) is 36.4 Å². The van der Waals surface area contributed by atoms with Crippen molar-refractivity contribution in [1.82, 2.24) is 0 Å². The predicted molar refractivity (Wildman–Crippen MR) is 84.3 cm³/mol. The van der Waals surface area contributed by atoms with Gasteiger partial charge in [-0.25, -0.2) is 4.79 Å². The Morgan fingerprint density at radius 1 is 1.17 bits per heavy atom. The molecule has 0 fully saturated rings. The first-order chi connectivity index (χ1) is 11.5. The molecule has 1 amide bonds. The van der Waals surface area contributed by atoms with Gasteiger partial charge >= 0.3 is 5.97 Å². The quantitative estimate of drug-likeness (QED) is 0.835. The van der Waals surface area contributed by atoms with Crippen molar-refractivity contribution >= 4 is 17.6 Å². The van der Waals surface area contributed by atoms with Gasteiger partial charge in [-0.05, 0) is 36.8 Å². The summed E-state index contributed by atoms with van der Waals surface area (Å²) >= 11 is 0. The van der Waals surface area contributed by atoms with Crippen LogP contribution in [0.2, 0.25) is 0 Å².